The lowest BCUT2D eigenvalue weighted by Crippen LogP contribution is -2.51. The van der Waals surface area contributed by atoms with Crippen LogP contribution in [0, 0.1) is 58.7 Å². The number of allylic oxidation sites excluding steroid dienone is 1. The van der Waals surface area contributed by atoms with Crippen molar-refractivity contribution in [3.8, 4) is 12.3 Å². The van der Waals surface area contributed by atoms with E-state index in [0.29, 0.717) is 5.41 Å². The predicted molar refractivity (Wildman–Crippen MR) is 186 cm³/mol. The second-order valence-corrected chi connectivity index (χ2v) is 16.3. The summed E-state index contributed by atoms with van der Waals surface area (Å²) in [6.07, 6.45) is 21.9. The van der Waals surface area contributed by atoms with Gasteiger partial charge in [0.05, 0.1) is 11.0 Å². The molecule has 1 heterocycles. The molecule has 3 nitrogen and oxygen atoms in total. The van der Waals surface area contributed by atoms with E-state index in [1.807, 2.05) is 36.4 Å². The zero-order chi connectivity index (χ0) is 31.5. The van der Waals surface area contributed by atoms with Crippen LogP contribution < -0.4 is 0 Å². The first kappa shape index (κ1) is 30.7. The van der Waals surface area contributed by atoms with E-state index in [0.717, 1.165) is 82.1 Å². The summed E-state index contributed by atoms with van der Waals surface area (Å²) in [7, 11) is 0. The van der Waals surface area contributed by atoms with Crippen LogP contribution in [0.1, 0.15) is 111 Å². The summed E-state index contributed by atoms with van der Waals surface area (Å²) >= 11 is 0. The van der Waals surface area contributed by atoms with Crippen LogP contribution in [0.2, 0.25) is 0 Å². The fourth-order valence-electron chi connectivity index (χ4n) is 11.2. The fraction of sp³-hybridized carbons (Fsp3) is 0.595. The van der Waals surface area contributed by atoms with Crippen LogP contribution in [0.15, 0.2) is 54.1 Å². The van der Waals surface area contributed by atoms with Gasteiger partial charge in [-0.25, -0.2) is 9.36 Å². The Kier molecular flexibility index (Phi) is 7.95. The Morgan fingerprint density at radius 2 is 1.78 bits per heavy atom. The summed E-state index contributed by atoms with van der Waals surface area (Å²) in [5, 5.41) is 2.08. The molecule has 4 aliphatic rings. The summed E-state index contributed by atoms with van der Waals surface area (Å²) in [6.45, 7) is 12.5. The van der Waals surface area contributed by atoms with Crippen molar-refractivity contribution in [3.05, 3.63) is 59.7 Å². The van der Waals surface area contributed by atoms with Gasteiger partial charge in [0.15, 0.2) is 0 Å². The Morgan fingerprint density at radius 3 is 2.58 bits per heavy atom. The SMILES string of the molecule is C#Cc1ccc2c3ccccc3n(C(=O)O[C@H]3CC[C@@]4(C)C(=CC[C@H]5[C@@H]6CC[C@H]([C@H](C)CCCC(C)C)[C@@]6(C)CC[C@@H]54)C3)c2c1. The first-order valence-corrected chi connectivity index (χ1v) is 18.0. The normalized spacial score (nSPS) is 33.3. The van der Waals surface area contributed by atoms with Crippen molar-refractivity contribution >= 4 is 27.9 Å². The summed E-state index contributed by atoms with van der Waals surface area (Å²) in [5.74, 6) is 7.73. The molecule has 0 spiro atoms. The van der Waals surface area contributed by atoms with Crippen molar-refractivity contribution in [1.29, 1.82) is 0 Å². The van der Waals surface area contributed by atoms with Gasteiger partial charge in [0.2, 0.25) is 0 Å². The second-order valence-electron chi connectivity index (χ2n) is 16.3. The third-order valence-corrected chi connectivity index (χ3v) is 13.6. The highest BCUT2D eigenvalue weighted by Crippen LogP contribution is 2.67. The van der Waals surface area contributed by atoms with E-state index >= 15 is 0 Å². The lowest BCUT2D eigenvalue weighted by atomic mass is 9.47. The van der Waals surface area contributed by atoms with Gasteiger partial charge in [0.25, 0.3) is 0 Å². The fourth-order valence-corrected chi connectivity index (χ4v) is 11.2. The molecule has 0 amide bonds. The van der Waals surface area contributed by atoms with Gasteiger partial charge >= 0.3 is 6.09 Å². The topological polar surface area (TPSA) is 31.2 Å². The van der Waals surface area contributed by atoms with E-state index in [4.69, 9.17) is 11.2 Å². The molecule has 0 N–H and O–H groups in total. The molecule has 0 bridgehead atoms. The maximum Gasteiger partial charge on any atom is 0.419 e. The number of hydrogen-bond donors (Lipinski definition) is 0. The molecular weight excluding hydrogens is 550 g/mol. The molecule has 1 aromatic heterocycles. The number of fused-ring (bicyclic) bond motifs is 8. The monoisotopic (exact) mass is 603 g/mol. The summed E-state index contributed by atoms with van der Waals surface area (Å²) < 4.78 is 8.10. The first-order valence-electron chi connectivity index (χ1n) is 18.0. The Bertz CT molecular complexity index is 1670. The number of terminal acetylenes is 1. The Hall–Kier alpha value is -2.99. The lowest BCUT2D eigenvalue weighted by molar-refractivity contribution is -0.0580. The molecule has 8 atom stereocenters. The molecule has 3 fully saturated rings. The number of aromatic nitrogens is 1. The molecular formula is C42H53NO2. The molecule has 3 heteroatoms. The highest BCUT2D eigenvalue weighted by atomic mass is 16.6. The maximum absolute atomic E-state index is 13.9. The minimum atomic E-state index is -0.286. The van der Waals surface area contributed by atoms with Gasteiger partial charge in [-0.3, -0.25) is 0 Å². The average Bonchev–Trinajstić information content (AvgIpc) is 3.55. The van der Waals surface area contributed by atoms with Crippen LogP contribution in [0.4, 0.5) is 4.79 Å². The van der Waals surface area contributed by atoms with Gasteiger partial charge in [-0.05, 0) is 109 Å². The summed E-state index contributed by atoms with van der Waals surface area (Å²) in [4.78, 5) is 13.9. The number of carbonyl (C=O) groups excluding carboxylic acids is 1. The molecule has 0 radical (unpaired) electrons. The Labute approximate surface area is 271 Å². The van der Waals surface area contributed by atoms with Crippen molar-refractivity contribution in [2.24, 2.45) is 46.3 Å². The third-order valence-electron chi connectivity index (χ3n) is 13.6. The molecule has 3 aromatic rings. The van der Waals surface area contributed by atoms with Gasteiger partial charge in [-0.15, -0.1) is 6.42 Å². The minimum Gasteiger partial charge on any atom is -0.445 e. The molecule has 238 valence electrons. The highest BCUT2D eigenvalue weighted by Gasteiger charge is 2.59. The zero-order valence-corrected chi connectivity index (χ0v) is 28.3. The van der Waals surface area contributed by atoms with Crippen molar-refractivity contribution in [2.75, 3.05) is 0 Å². The summed E-state index contributed by atoms with van der Waals surface area (Å²) in [6, 6.07) is 14.0. The Morgan fingerprint density at radius 1 is 0.978 bits per heavy atom. The van der Waals surface area contributed by atoms with Gasteiger partial charge < -0.3 is 4.74 Å². The quantitative estimate of drug-likeness (QED) is 0.207. The van der Waals surface area contributed by atoms with Crippen LogP contribution in [0.3, 0.4) is 0 Å². The van der Waals surface area contributed by atoms with E-state index in [1.165, 1.54) is 51.4 Å². The minimum absolute atomic E-state index is 0.0863. The molecule has 2 aromatic carbocycles. The number of rotatable bonds is 6. The first-order chi connectivity index (χ1) is 21.6. The van der Waals surface area contributed by atoms with Crippen LogP contribution in [0.25, 0.3) is 21.8 Å². The number of carbonyl (C=O) groups is 1. The van der Waals surface area contributed by atoms with Crippen molar-refractivity contribution in [3.63, 3.8) is 0 Å². The number of benzene rings is 2. The van der Waals surface area contributed by atoms with Crippen molar-refractivity contribution in [2.45, 2.75) is 111 Å². The smallest absolute Gasteiger partial charge is 0.419 e. The predicted octanol–water partition coefficient (Wildman–Crippen LogP) is 11.2. The molecule has 0 saturated heterocycles. The second kappa shape index (κ2) is 11.7. The number of nitrogens with zero attached hydrogens (tertiary/aromatic N) is 1. The van der Waals surface area contributed by atoms with E-state index in [2.05, 4.69) is 52.7 Å². The number of ether oxygens (including phenoxy) is 1. The average molecular weight is 604 g/mol. The standard InChI is InChI=1S/C42H53NO2/c1-7-29-15-17-33-32-13-8-9-14-38(32)43(39(33)25-29)40(44)45-31-21-23-41(5)30(26-31)16-18-34-36-20-19-35(28(4)12-10-11-27(2)3)42(36,6)24-22-37(34)41/h1,8-9,13-17,25,27-28,31,34-37H,10-12,18-24,26H2,2-6H3/t28-,31+,34+,35-,36+,37+,41+,42-/m1/s1. The highest BCUT2D eigenvalue weighted by molar-refractivity contribution is 6.12. The number of para-hydroxylation sites is 1. The molecule has 0 aliphatic heterocycles. The zero-order valence-electron chi connectivity index (χ0n) is 28.3. The van der Waals surface area contributed by atoms with Crippen LogP contribution in [0.5, 0.6) is 0 Å². The van der Waals surface area contributed by atoms with E-state index in [9.17, 15) is 4.79 Å². The van der Waals surface area contributed by atoms with Crippen LogP contribution >= 0.6 is 0 Å². The van der Waals surface area contributed by atoms with Gasteiger partial charge in [0, 0.05) is 22.8 Å². The van der Waals surface area contributed by atoms with E-state index < -0.39 is 0 Å². The Balaban J connectivity index is 1.08. The molecule has 7 rings (SSSR count). The largest absolute Gasteiger partial charge is 0.445 e. The summed E-state index contributed by atoms with van der Waals surface area (Å²) in [5.41, 5.74) is 4.78. The van der Waals surface area contributed by atoms with Crippen molar-refractivity contribution < 1.29 is 9.53 Å². The maximum atomic E-state index is 13.9. The van der Waals surface area contributed by atoms with Gasteiger partial charge in [-0.1, -0.05) is 95.7 Å². The van der Waals surface area contributed by atoms with Crippen LogP contribution in [-0.4, -0.2) is 16.8 Å². The molecule has 0 unspecified atom stereocenters. The molecule has 45 heavy (non-hydrogen) atoms. The van der Waals surface area contributed by atoms with E-state index in [1.54, 1.807) is 10.1 Å². The third kappa shape index (κ3) is 5.06. The van der Waals surface area contributed by atoms with Gasteiger partial charge in [0.1, 0.15) is 6.10 Å². The van der Waals surface area contributed by atoms with E-state index in [-0.39, 0.29) is 17.6 Å². The molecule has 3 saturated carbocycles. The molecule has 4 aliphatic carbocycles. The number of hydrogen-bond acceptors (Lipinski definition) is 2. The lowest BCUT2D eigenvalue weighted by Gasteiger charge is -2.58. The van der Waals surface area contributed by atoms with Crippen molar-refractivity contribution in [1.82, 2.24) is 4.57 Å². The van der Waals surface area contributed by atoms with Gasteiger partial charge in [-0.2, -0.15) is 0 Å². The van der Waals surface area contributed by atoms with Crippen LogP contribution in [-0.2, 0) is 4.74 Å².